The third-order valence-electron chi connectivity index (χ3n) is 11.8. The molecule has 0 fully saturated rings. The van der Waals surface area contributed by atoms with Crippen LogP contribution in [0.15, 0.2) is 0 Å². The molecule has 0 spiro atoms. The van der Waals surface area contributed by atoms with Gasteiger partial charge >= 0.3 is 0 Å². The van der Waals surface area contributed by atoms with Crippen LogP contribution in [0.5, 0.6) is 0 Å². The van der Waals surface area contributed by atoms with E-state index >= 15 is 0 Å². The van der Waals surface area contributed by atoms with Crippen molar-refractivity contribution >= 4 is 0 Å². The van der Waals surface area contributed by atoms with E-state index in [1.54, 1.807) is 0 Å². The Labute approximate surface area is 344 Å². The van der Waals surface area contributed by atoms with Crippen molar-refractivity contribution in [3.05, 3.63) is 0 Å². The van der Waals surface area contributed by atoms with Gasteiger partial charge in [0.25, 0.3) is 0 Å². The highest BCUT2D eigenvalue weighted by molar-refractivity contribution is 4.53. The Hall–Kier alpha value is -0.0800. The summed E-state index contributed by atoms with van der Waals surface area (Å²) in [5.41, 5.74) is 0. The summed E-state index contributed by atoms with van der Waals surface area (Å²) in [7, 11) is 0. The third kappa shape index (κ3) is 58.6. The third-order valence-corrected chi connectivity index (χ3v) is 11.8. The average Bonchev–Trinajstić information content (AvgIpc) is 3.18. The van der Waals surface area contributed by atoms with E-state index < -0.39 is 0 Å². The van der Waals surface area contributed by atoms with Crippen molar-refractivity contribution in [2.75, 3.05) is 19.8 Å². The highest BCUT2D eigenvalue weighted by Crippen LogP contribution is 2.16. The lowest BCUT2D eigenvalue weighted by atomic mass is 10.0. The zero-order valence-corrected chi connectivity index (χ0v) is 38.5. The number of hydrogen-bond donors (Lipinski definition) is 1. The first-order chi connectivity index (χ1) is 26.8. The molecule has 328 valence electrons. The first-order valence-electron chi connectivity index (χ1n) is 26.0. The predicted octanol–water partition coefficient (Wildman–Crippen LogP) is 19.0. The van der Waals surface area contributed by atoms with Crippen molar-refractivity contribution < 1.29 is 9.84 Å². The minimum absolute atomic E-state index is 0.373. The summed E-state index contributed by atoms with van der Waals surface area (Å²) in [5, 5.41) is 8.64. The molecule has 0 saturated heterocycles. The molecule has 0 aromatic carbocycles. The summed E-state index contributed by atoms with van der Waals surface area (Å²) < 4.78 is 5.87. The first kappa shape index (κ1) is 56.0. The number of rotatable bonds is 48. The fourth-order valence-electron chi connectivity index (χ4n) is 7.91. The van der Waals surface area contributed by atoms with Gasteiger partial charge in [0.2, 0.25) is 0 Å². The van der Waals surface area contributed by atoms with Gasteiger partial charge in [-0.05, 0) is 19.3 Å². The van der Waals surface area contributed by atoms with Crippen molar-refractivity contribution in [1.82, 2.24) is 0 Å². The minimum atomic E-state index is 0.373. The zero-order chi connectivity index (χ0) is 39.4. The predicted molar refractivity (Wildman–Crippen MR) is 247 cm³/mol. The Balaban J connectivity index is 0. The van der Waals surface area contributed by atoms with E-state index in [1.807, 2.05) is 0 Å². The van der Waals surface area contributed by atoms with Crippen LogP contribution in [-0.2, 0) is 4.74 Å². The van der Waals surface area contributed by atoms with Gasteiger partial charge in [-0.1, -0.05) is 297 Å². The number of aliphatic hydroxyl groups is 1. The van der Waals surface area contributed by atoms with Gasteiger partial charge in [0, 0.05) is 19.8 Å². The standard InChI is InChI=1S/C36H74O.C16H34O/c1-3-5-7-9-11-13-15-17-19-21-23-25-27-29-31-33-35-37-36-34-32-30-28-26-24-22-20-18-16-14-12-10-8-6-4-2;1-2-3-4-5-6-7-8-9-10-11-12-13-14-15-16-17/h3-36H2,1-2H3;17H,2-16H2,1H3. The number of aliphatic hydroxyl groups excluding tert-OH is 1. The van der Waals surface area contributed by atoms with Crippen molar-refractivity contribution in [3.8, 4) is 0 Å². The minimum Gasteiger partial charge on any atom is -0.396 e. The molecule has 0 unspecified atom stereocenters. The van der Waals surface area contributed by atoms with Gasteiger partial charge in [-0.25, -0.2) is 0 Å². The molecule has 2 nitrogen and oxygen atoms in total. The van der Waals surface area contributed by atoms with Crippen molar-refractivity contribution in [2.45, 2.75) is 316 Å². The van der Waals surface area contributed by atoms with Crippen LogP contribution >= 0.6 is 0 Å². The second-order valence-electron chi connectivity index (χ2n) is 17.5. The molecule has 0 rings (SSSR count). The van der Waals surface area contributed by atoms with E-state index in [0.29, 0.717) is 6.61 Å². The van der Waals surface area contributed by atoms with E-state index in [1.165, 1.54) is 289 Å². The van der Waals surface area contributed by atoms with E-state index in [4.69, 9.17) is 9.84 Å². The summed E-state index contributed by atoms with van der Waals surface area (Å²) >= 11 is 0. The lowest BCUT2D eigenvalue weighted by molar-refractivity contribution is 0.125. The zero-order valence-electron chi connectivity index (χ0n) is 38.5. The molecule has 2 heteroatoms. The van der Waals surface area contributed by atoms with Crippen LogP contribution in [0.4, 0.5) is 0 Å². The molecule has 0 heterocycles. The lowest BCUT2D eigenvalue weighted by Crippen LogP contribution is -1.97. The Morgan fingerprint density at radius 2 is 0.352 bits per heavy atom. The summed E-state index contributed by atoms with van der Waals surface area (Å²) in [6.07, 6.45) is 65.2. The smallest absolute Gasteiger partial charge is 0.0466 e. The van der Waals surface area contributed by atoms with Crippen molar-refractivity contribution in [2.24, 2.45) is 0 Å². The van der Waals surface area contributed by atoms with E-state index in [0.717, 1.165) is 19.6 Å². The Morgan fingerprint density at radius 3 is 0.519 bits per heavy atom. The highest BCUT2D eigenvalue weighted by atomic mass is 16.5. The quantitative estimate of drug-likeness (QED) is 0.0625. The van der Waals surface area contributed by atoms with Crippen LogP contribution in [0, 0.1) is 0 Å². The number of hydrogen-bond acceptors (Lipinski definition) is 2. The van der Waals surface area contributed by atoms with Crippen molar-refractivity contribution in [1.29, 1.82) is 0 Å². The second kappa shape index (κ2) is 57.2. The molecule has 1 N–H and O–H groups in total. The number of unbranched alkanes of at least 4 members (excludes halogenated alkanes) is 43. The van der Waals surface area contributed by atoms with Gasteiger partial charge < -0.3 is 9.84 Å². The van der Waals surface area contributed by atoms with Gasteiger partial charge in [0.1, 0.15) is 0 Å². The fraction of sp³-hybridized carbons (Fsp3) is 1.00. The lowest BCUT2D eigenvalue weighted by Gasteiger charge is -2.06. The van der Waals surface area contributed by atoms with Crippen LogP contribution in [0.3, 0.4) is 0 Å². The van der Waals surface area contributed by atoms with Crippen molar-refractivity contribution in [3.63, 3.8) is 0 Å². The normalized spacial score (nSPS) is 11.3. The van der Waals surface area contributed by atoms with Crippen LogP contribution < -0.4 is 0 Å². The molecule has 0 amide bonds. The van der Waals surface area contributed by atoms with E-state index in [-0.39, 0.29) is 0 Å². The van der Waals surface area contributed by atoms with Gasteiger partial charge in [-0.3, -0.25) is 0 Å². The maximum Gasteiger partial charge on any atom is 0.0466 e. The first-order valence-corrected chi connectivity index (χ1v) is 26.0. The molecular formula is C52H108O2. The molecule has 0 saturated carbocycles. The largest absolute Gasteiger partial charge is 0.396 e. The fourth-order valence-corrected chi connectivity index (χ4v) is 7.91. The SMILES string of the molecule is CCCCCCCCCCCCCCCCCCOCCCCCCCCCCCCCCCCCC.CCCCCCCCCCCCCCCCO. The molecule has 54 heavy (non-hydrogen) atoms. The molecule has 0 aliphatic rings. The van der Waals surface area contributed by atoms with Gasteiger partial charge in [-0.2, -0.15) is 0 Å². The van der Waals surface area contributed by atoms with Gasteiger partial charge in [0.05, 0.1) is 0 Å². The molecule has 0 bridgehead atoms. The highest BCUT2D eigenvalue weighted by Gasteiger charge is 1.98. The molecule has 0 aliphatic heterocycles. The summed E-state index contributed by atoms with van der Waals surface area (Å²) in [6.45, 7) is 9.25. The summed E-state index contributed by atoms with van der Waals surface area (Å²) in [5.74, 6) is 0. The van der Waals surface area contributed by atoms with E-state index in [9.17, 15) is 0 Å². The summed E-state index contributed by atoms with van der Waals surface area (Å²) in [4.78, 5) is 0. The van der Waals surface area contributed by atoms with Gasteiger partial charge in [0.15, 0.2) is 0 Å². The molecular weight excluding hydrogens is 657 g/mol. The monoisotopic (exact) mass is 765 g/mol. The van der Waals surface area contributed by atoms with Crippen LogP contribution in [0.25, 0.3) is 0 Å². The molecule has 0 aromatic rings. The maximum absolute atomic E-state index is 8.64. The molecule has 0 radical (unpaired) electrons. The summed E-state index contributed by atoms with van der Waals surface area (Å²) in [6, 6.07) is 0. The average molecular weight is 765 g/mol. The van der Waals surface area contributed by atoms with Gasteiger partial charge in [-0.15, -0.1) is 0 Å². The Bertz CT molecular complexity index is 529. The topological polar surface area (TPSA) is 29.5 Å². The Morgan fingerprint density at radius 1 is 0.204 bits per heavy atom. The molecule has 0 aliphatic carbocycles. The molecule has 0 aromatic heterocycles. The Kier molecular flexibility index (Phi) is 59.4. The molecule has 0 atom stereocenters. The van der Waals surface area contributed by atoms with Crippen LogP contribution in [-0.4, -0.2) is 24.9 Å². The second-order valence-corrected chi connectivity index (χ2v) is 17.5. The number of ether oxygens (including phenoxy) is 1. The van der Waals surface area contributed by atoms with Crippen LogP contribution in [0.2, 0.25) is 0 Å². The van der Waals surface area contributed by atoms with E-state index in [2.05, 4.69) is 20.8 Å². The van der Waals surface area contributed by atoms with Crippen LogP contribution in [0.1, 0.15) is 316 Å². The maximum atomic E-state index is 8.64.